The monoisotopic (exact) mass is 370 g/mol. The second-order valence-electron chi connectivity index (χ2n) is 7.16. The van der Waals surface area contributed by atoms with E-state index in [0.717, 1.165) is 12.1 Å². The molecular weight excluding hydrogens is 348 g/mol. The molecule has 4 rings (SSSR count). The van der Waals surface area contributed by atoms with E-state index in [2.05, 4.69) is 23.5 Å². The number of nitrogens with zero attached hydrogens (tertiary/aromatic N) is 1. The van der Waals surface area contributed by atoms with Crippen LogP contribution in [0, 0.1) is 5.92 Å². The number of rotatable bonds is 3. The van der Waals surface area contributed by atoms with Gasteiger partial charge >= 0.3 is 0 Å². The number of fused-ring (bicyclic) bond motifs is 3. The van der Waals surface area contributed by atoms with E-state index in [1.54, 1.807) is 0 Å². The average molecular weight is 370 g/mol. The van der Waals surface area contributed by atoms with Gasteiger partial charge in [-0.05, 0) is 53.6 Å². The van der Waals surface area contributed by atoms with Gasteiger partial charge in [-0.1, -0.05) is 30.3 Å². The first kappa shape index (κ1) is 17.2. The predicted molar refractivity (Wildman–Crippen MR) is 102 cm³/mol. The zero-order chi connectivity index (χ0) is 18.3. The zero-order valence-corrected chi connectivity index (χ0v) is 15.6. The van der Waals surface area contributed by atoms with Gasteiger partial charge in [0, 0.05) is 18.8 Å². The van der Waals surface area contributed by atoms with Crippen molar-refractivity contribution in [2.75, 3.05) is 24.7 Å². The summed E-state index contributed by atoms with van der Waals surface area (Å²) in [5, 5.41) is 2.98. The van der Waals surface area contributed by atoms with Crippen LogP contribution in [0.3, 0.4) is 0 Å². The van der Waals surface area contributed by atoms with E-state index in [9.17, 15) is 13.2 Å². The van der Waals surface area contributed by atoms with Crippen LogP contribution in [0.4, 0.5) is 5.69 Å². The van der Waals surface area contributed by atoms with Gasteiger partial charge in [0.1, 0.15) is 0 Å². The molecule has 1 N–H and O–H groups in total. The molecule has 136 valence electrons. The van der Waals surface area contributed by atoms with E-state index in [-0.39, 0.29) is 18.4 Å². The highest BCUT2D eigenvalue weighted by molar-refractivity contribution is 7.88. The van der Waals surface area contributed by atoms with E-state index in [1.807, 2.05) is 24.3 Å². The number of carbonyl (C=O) groups is 1. The Morgan fingerprint density at radius 2 is 1.88 bits per heavy atom. The fraction of sp³-hybridized carbons (Fsp3) is 0.350. The molecule has 1 heterocycles. The molecule has 26 heavy (non-hydrogen) atoms. The lowest BCUT2D eigenvalue weighted by Crippen LogP contribution is -2.43. The van der Waals surface area contributed by atoms with Crippen molar-refractivity contribution in [2.45, 2.75) is 19.3 Å². The van der Waals surface area contributed by atoms with Crippen molar-refractivity contribution in [1.82, 2.24) is 4.31 Å². The molecule has 1 atom stereocenters. The van der Waals surface area contributed by atoms with Crippen LogP contribution in [0.1, 0.15) is 24.0 Å². The van der Waals surface area contributed by atoms with Crippen molar-refractivity contribution in [3.8, 4) is 11.1 Å². The molecule has 2 aromatic carbocycles. The third kappa shape index (κ3) is 3.27. The molecule has 1 aliphatic carbocycles. The van der Waals surface area contributed by atoms with Crippen molar-refractivity contribution in [3.05, 3.63) is 53.6 Å². The maximum absolute atomic E-state index is 12.6. The fourth-order valence-electron chi connectivity index (χ4n) is 3.92. The van der Waals surface area contributed by atoms with Crippen LogP contribution in [0.25, 0.3) is 11.1 Å². The van der Waals surface area contributed by atoms with Crippen LogP contribution < -0.4 is 5.32 Å². The fourth-order valence-corrected chi connectivity index (χ4v) is 4.84. The Morgan fingerprint density at radius 3 is 2.69 bits per heavy atom. The molecule has 0 bridgehead atoms. The molecule has 0 aromatic heterocycles. The van der Waals surface area contributed by atoms with Gasteiger partial charge < -0.3 is 5.32 Å². The van der Waals surface area contributed by atoms with Gasteiger partial charge in [0.2, 0.25) is 15.9 Å². The van der Waals surface area contributed by atoms with Crippen LogP contribution in [0.2, 0.25) is 0 Å². The van der Waals surface area contributed by atoms with Crippen molar-refractivity contribution in [2.24, 2.45) is 5.92 Å². The van der Waals surface area contributed by atoms with Gasteiger partial charge in [-0.3, -0.25) is 4.79 Å². The van der Waals surface area contributed by atoms with Crippen LogP contribution >= 0.6 is 0 Å². The summed E-state index contributed by atoms with van der Waals surface area (Å²) >= 11 is 0. The average Bonchev–Trinajstić information content (AvgIpc) is 2.99. The maximum atomic E-state index is 12.6. The third-order valence-corrected chi connectivity index (χ3v) is 6.55. The van der Waals surface area contributed by atoms with Crippen LogP contribution in [-0.2, 0) is 21.2 Å². The Morgan fingerprint density at radius 1 is 1.12 bits per heavy atom. The quantitative estimate of drug-likeness (QED) is 0.771. The highest BCUT2D eigenvalue weighted by Crippen LogP contribution is 2.37. The molecule has 0 spiro atoms. The Labute approximate surface area is 154 Å². The molecule has 2 aliphatic rings. The molecule has 5 nitrogen and oxygen atoms in total. The summed E-state index contributed by atoms with van der Waals surface area (Å²) in [4.78, 5) is 12.6. The number of piperidine rings is 1. The molecule has 1 unspecified atom stereocenters. The summed E-state index contributed by atoms with van der Waals surface area (Å²) in [5.74, 6) is -0.405. The van der Waals surface area contributed by atoms with Gasteiger partial charge in [0.25, 0.3) is 0 Å². The largest absolute Gasteiger partial charge is 0.326 e. The number of sulfonamides is 1. The first-order valence-corrected chi connectivity index (χ1v) is 10.7. The standard InChI is InChI=1S/C20H22N2O3S/c1-26(24,25)22-10-4-6-15(13-22)20(23)21-17-8-9-19-16(12-17)11-14-5-2-3-7-18(14)19/h2-3,5,7-9,12,15H,4,6,10-11,13H2,1H3,(H,21,23). The highest BCUT2D eigenvalue weighted by Gasteiger charge is 2.30. The summed E-state index contributed by atoms with van der Waals surface area (Å²) in [6.07, 6.45) is 3.50. The van der Waals surface area contributed by atoms with Crippen LogP contribution in [0.5, 0.6) is 0 Å². The minimum atomic E-state index is -3.25. The number of hydrogen-bond acceptors (Lipinski definition) is 3. The van der Waals surface area contributed by atoms with E-state index in [4.69, 9.17) is 0 Å². The Bertz CT molecular complexity index is 969. The second kappa shape index (κ2) is 6.52. The zero-order valence-electron chi connectivity index (χ0n) is 14.7. The molecule has 1 fully saturated rings. The maximum Gasteiger partial charge on any atom is 0.228 e. The minimum Gasteiger partial charge on any atom is -0.326 e. The van der Waals surface area contributed by atoms with E-state index >= 15 is 0 Å². The van der Waals surface area contributed by atoms with E-state index in [0.29, 0.717) is 19.4 Å². The van der Waals surface area contributed by atoms with Gasteiger partial charge in [0.05, 0.1) is 12.2 Å². The molecule has 2 aromatic rings. The number of nitrogens with one attached hydrogen (secondary N) is 1. The number of hydrogen-bond donors (Lipinski definition) is 1. The Kier molecular flexibility index (Phi) is 4.32. The van der Waals surface area contributed by atoms with Crippen molar-refractivity contribution in [3.63, 3.8) is 0 Å². The molecule has 1 saturated heterocycles. The SMILES string of the molecule is CS(=O)(=O)N1CCCC(C(=O)Nc2ccc3c(c2)Cc2ccccc2-3)C1. The molecule has 6 heteroatoms. The number of anilines is 1. The number of carbonyl (C=O) groups excluding carboxylic acids is 1. The van der Waals surface area contributed by atoms with Crippen LogP contribution in [0.15, 0.2) is 42.5 Å². The lowest BCUT2D eigenvalue weighted by Gasteiger charge is -2.30. The van der Waals surface area contributed by atoms with Crippen LogP contribution in [-0.4, -0.2) is 38.0 Å². The van der Waals surface area contributed by atoms with Gasteiger partial charge in [-0.15, -0.1) is 0 Å². The van der Waals surface area contributed by atoms with Gasteiger partial charge in [-0.2, -0.15) is 0 Å². The first-order chi connectivity index (χ1) is 12.4. The summed E-state index contributed by atoms with van der Waals surface area (Å²) < 4.78 is 24.9. The molecular formula is C20H22N2O3S. The van der Waals surface area contributed by atoms with E-state index in [1.165, 1.54) is 32.8 Å². The molecule has 1 aliphatic heterocycles. The Hall–Kier alpha value is -2.18. The summed E-state index contributed by atoms with van der Waals surface area (Å²) in [7, 11) is -3.25. The minimum absolute atomic E-state index is 0.103. The van der Waals surface area contributed by atoms with E-state index < -0.39 is 10.0 Å². The van der Waals surface area contributed by atoms with Crippen molar-refractivity contribution in [1.29, 1.82) is 0 Å². The topological polar surface area (TPSA) is 66.5 Å². The highest BCUT2D eigenvalue weighted by atomic mass is 32.2. The summed E-state index contributed by atoms with van der Waals surface area (Å²) in [5.41, 5.74) is 5.78. The normalized spacial score (nSPS) is 19.7. The first-order valence-electron chi connectivity index (χ1n) is 8.89. The third-order valence-electron chi connectivity index (χ3n) is 5.29. The number of benzene rings is 2. The smallest absolute Gasteiger partial charge is 0.228 e. The lowest BCUT2D eigenvalue weighted by atomic mass is 9.98. The predicted octanol–water partition coefficient (Wildman–Crippen LogP) is 2.87. The summed E-state index contributed by atoms with van der Waals surface area (Å²) in [6.45, 7) is 0.765. The Balaban J connectivity index is 1.48. The molecule has 1 amide bonds. The van der Waals surface area contributed by atoms with Gasteiger partial charge in [-0.25, -0.2) is 12.7 Å². The lowest BCUT2D eigenvalue weighted by molar-refractivity contribution is -0.120. The molecule has 0 radical (unpaired) electrons. The van der Waals surface area contributed by atoms with Crippen molar-refractivity contribution >= 4 is 21.6 Å². The van der Waals surface area contributed by atoms with Gasteiger partial charge in [0.15, 0.2) is 0 Å². The second-order valence-corrected chi connectivity index (χ2v) is 9.14. The van der Waals surface area contributed by atoms with Crippen molar-refractivity contribution < 1.29 is 13.2 Å². The molecule has 0 saturated carbocycles. The summed E-state index contributed by atoms with van der Waals surface area (Å²) in [6, 6.07) is 14.4. The number of amides is 1.